The van der Waals surface area contributed by atoms with Gasteiger partial charge in [-0.2, -0.15) is 5.10 Å². The maximum absolute atomic E-state index is 12.1. The van der Waals surface area contributed by atoms with Crippen LogP contribution in [-0.4, -0.2) is 37.4 Å². The van der Waals surface area contributed by atoms with Gasteiger partial charge in [0.05, 0.1) is 18.3 Å². The van der Waals surface area contributed by atoms with Gasteiger partial charge in [0.25, 0.3) is 5.91 Å². The third-order valence-corrected chi connectivity index (χ3v) is 6.52. The predicted octanol–water partition coefficient (Wildman–Crippen LogP) is 6.29. The van der Waals surface area contributed by atoms with Crippen molar-refractivity contribution >= 4 is 23.7 Å². The number of carbonyl (C=O) groups excluding carboxylic acids is 1. The van der Waals surface area contributed by atoms with Crippen molar-refractivity contribution in [1.82, 2.24) is 10.4 Å². The number of hydrogen-bond donors (Lipinski definition) is 1. The summed E-state index contributed by atoms with van der Waals surface area (Å²) in [5.41, 5.74) is 5.90. The van der Waals surface area contributed by atoms with E-state index in [-0.39, 0.29) is 17.9 Å². The van der Waals surface area contributed by atoms with Crippen LogP contribution >= 0.6 is 11.6 Å². The van der Waals surface area contributed by atoms with Crippen LogP contribution in [0.25, 0.3) is 0 Å². The summed E-state index contributed by atoms with van der Waals surface area (Å²) >= 11 is 6.46. The van der Waals surface area contributed by atoms with E-state index in [1.807, 2.05) is 18.2 Å². The van der Waals surface area contributed by atoms with Crippen molar-refractivity contribution in [1.29, 1.82) is 0 Å². The lowest BCUT2D eigenvalue weighted by Gasteiger charge is -2.26. The lowest BCUT2D eigenvalue weighted by atomic mass is 9.78. The largest absolute Gasteiger partial charge is 0.493 e. The molecule has 0 aliphatic rings. The summed E-state index contributed by atoms with van der Waals surface area (Å²) < 4.78 is 17.2. The Morgan fingerprint density at radius 3 is 2.31 bits per heavy atom. The molecule has 0 saturated heterocycles. The molecule has 0 saturated carbocycles. The van der Waals surface area contributed by atoms with Crippen molar-refractivity contribution < 1.29 is 19.0 Å². The van der Waals surface area contributed by atoms with Gasteiger partial charge in [-0.25, -0.2) is 5.43 Å². The summed E-state index contributed by atoms with van der Waals surface area (Å²) in [6.07, 6.45) is 4.55. The van der Waals surface area contributed by atoms with E-state index in [0.29, 0.717) is 34.3 Å². The minimum absolute atomic E-state index is 0.113. The van der Waals surface area contributed by atoms with Crippen LogP contribution in [0.15, 0.2) is 96.4 Å². The molecule has 1 heterocycles. The van der Waals surface area contributed by atoms with Gasteiger partial charge in [0.2, 0.25) is 0 Å². The van der Waals surface area contributed by atoms with Crippen molar-refractivity contribution in [2.75, 3.05) is 20.3 Å². The Balaban J connectivity index is 1.31. The van der Waals surface area contributed by atoms with Gasteiger partial charge in [0.1, 0.15) is 19.0 Å². The van der Waals surface area contributed by atoms with Gasteiger partial charge in [-0.3, -0.25) is 9.78 Å². The molecule has 0 spiro atoms. The van der Waals surface area contributed by atoms with Gasteiger partial charge >= 0.3 is 0 Å². The van der Waals surface area contributed by atoms with Crippen molar-refractivity contribution in [3.8, 4) is 17.2 Å². The fraction of sp³-hybridized carbons (Fsp3) is 0.194. The molecule has 4 rings (SSSR count). The minimum Gasteiger partial charge on any atom is -0.493 e. The van der Waals surface area contributed by atoms with Gasteiger partial charge in [-0.15, -0.1) is 0 Å². The smallest absolute Gasteiger partial charge is 0.271 e. The lowest BCUT2D eigenvalue weighted by molar-refractivity contribution is 0.0955. The molecule has 0 unspecified atom stereocenters. The number of nitrogens with one attached hydrogen (secondary N) is 1. The number of halogens is 1. The lowest BCUT2D eigenvalue weighted by Crippen LogP contribution is -2.18. The van der Waals surface area contributed by atoms with E-state index < -0.39 is 0 Å². The van der Waals surface area contributed by atoms with Gasteiger partial charge in [-0.1, -0.05) is 67.9 Å². The number of rotatable bonds is 11. The molecule has 7 nitrogen and oxygen atoms in total. The summed E-state index contributed by atoms with van der Waals surface area (Å²) in [6, 6.07) is 25.1. The van der Waals surface area contributed by atoms with E-state index in [1.54, 1.807) is 24.3 Å². The van der Waals surface area contributed by atoms with Crippen LogP contribution in [0, 0.1) is 0 Å². The maximum Gasteiger partial charge on any atom is 0.271 e. The Kier molecular flexibility index (Phi) is 9.18. The summed E-state index contributed by atoms with van der Waals surface area (Å²) in [4.78, 5) is 16.0. The number of amides is 1. The van der Waals surface area contributed by atoms with Gasteiger partial charge in [-0.05, 0) is 53.1 Å². The number of aromatic nitrogens is 1. The third-order valence-electron chi connectivity index (χ3n) is 6.24. The highest BCUT2D eigenvalue weighted by molar-refractivity contribution is 6.32. The average molecular weight is 544 g/mol. The molecule has 0 aliphatic carbocycles. The molecule has 1 aromatic heterocycles. The van der Waals surface area contributed by atoms with E-state index in [4.69, 9.17) is 25.8 Å². The fourth-order valence-corrected chi connectivity index (χ4v) is 4.25. The number of benzene rings is 3. The summed E-state index contributed by atoms with van der Waals surface area (Å²) in [7, 11) is 1.53. The second kappa shape index (κ2) is 12.9. The number of methoxy groups -OCH3 is 1. The van der Waals surface area contributed by atoms with Crippen molar-refractivity contribution in [3.63, 3.8) is 0 Å². The molecular weight excluding hydrogens is 514 g/mol. The Labute approximate surface area is 233 Å². The highest BCUT2D eigenvalue weighted by atomic mass is 35.5. The molecule has 1 amide bonds. The Bertz CT molecular complexity index is 1410. The number of hydrazone groups is 1. The zero-order valence-corrected chi connectivity index (χ0v) is 22.8. The van der Waals surface area contributed by atoms with Gasteiger partial charge in [0, 0.05) is 23.4 Å². The van der Waals surface area contributed by atoms with Crippen molar-refractivity contribution in [2.24, 2.45) is 5.10 Å². The Hall–Kier alpha value is -4.36. The first-order valence-electron chi connectivity index (χ1n) is 12.4. The Morgan fingerprint density at radius 2 is 1.62 bits per heavy atom. The molecule has 1 N–H and O–H groups in total. The number of carbonyl (C=O) groups is 1. The number of pyridine rings is 1. The molecule has 4 aromatic rings. The van der Waals surface area contributed by atoms with E-state index >= 15 is 0 Å². The molecule has 200 valence electrons. The van der Waals surface area contributed by atoms with Crippen LogP contribution in [0.3, 0.4) is 0 Å². The second-order valence-electron chi connectivity index (χ2n) is 9.18. The minimum atomic E-state index is -0.346. The molecule has 0 fully saturated rings. The average Bonchev–Trinajstić information content (AvgIpc) is 2.97. The van der Waals surface area contributed by atoms with Crippen LogP contribution in [-0.2, 0) is 5.41 Å². The molecule has 39 heavy (non-hydrogen) atoms. The van der Waals surface area contributed by atoms with Crippen LogP contribution < -0.4 is 19.6 Å². The Morgan fingerprint density at radius 1 is 0.949 bits per heavy atom. The number of hydrogen-bond acceptors (Lipinski definition) is 6. The highest BCUT2D eigenvalue weighted by Crippen LogP contribution is 2.36. The molecule has 8 heteroatoms. The SMILES string of the molecule is COc1cc(/C=N\NC(=O)c2ccncc2)cc(Cl)c1OCCOc1ccc(C(C)(C)c2ccccc2)cc1. The molecular formula is C31H30ClN3O4. The fourth-order valence-electron chi connectivity index (χ4n) is 3.98. The zero-order chi connectivity index (χ0) is 27.7. The van der Waals surface area contributed by atoms with Gasteiger partial charge in [0.15, 0.2) is 11.5 Å². The molecule has 0 aliphatic heterocycles. The van der Waals surface area contributed by atoms with Crippen LogP contribution in [0.2, 0.25) is 5.02 Å². The summed E-state index contributed by atoms with van der Waals surface area (Å²) in [5, 5.41) is 4.34. The predicted molar refractivity (Wildman–Crippen MR) is 153 cm³/mol. The topological polar surface area (TPSA) is 82.0 Å². The van der Waals surface area contributed by atoms with E-state index in [2.05, 4.69) is 65.8 Å². The van der Waals surface area contributed by atoms with Crippen molar-refractivity contribution in [3.05, 3.63) is 119 Å². The van der Waals surface area contributed by atoms with Crippen LogP contribution in [0.5, 0.6) is 17.2 Å². The maximum atomic E-state index is 12.1. The standard InChI is InChI=1S/C31H30ClN3O4/c1-31(2,24-7-5-4-6-8-24)25-9-11-26(12-10-25)38-17-18-39-29-27(32)19-22(20-28(29)37-3)21-34-35-30(36)23-13-15-33-16-14-23/h4-16,19-21H,17-18H2,1-3H3,(H,35,36)/b34-21-. The first-order valence-corrected chi connectivity index (χ1v) is 12.8. The monoisotopic (exact) mass is 543 g/mol. The number of ether oxygens (including phenoxy) is 3. The number of nitrogens with zero attached hydrogens (tertiary/aromatic N) is 2. The zero-order valence-electron chi connectivity index (χ0n) is 22.1. The van der Waals surface area contributed by atoms with E-state index in [0.717, 1.165) is 5.75 Å². The van der Waals surface area contributed by atoms with E-state index in [1.165, 1.54) is 36.8 Å². The third kappa shape index (κ3) is 7.15. The van der Waals surface area contributed by atoms with Crippen LogP contribution in [0.1, 0.15) is 40.9 Å². The van der Waals surface area contributed by atoms with Crippen molar-refractivity contribution in [2.45, 2.75) is 19.3 Å². The molecule has 3 aromatic carbocycles. The first-order chi connectivity index (χ1) is 18.9. The first kappa shape index (κ1) is 27.7. The highest BCUT2D eigenvalue weighted by Gasteiger charge is 2.22. The van der Waals surface area contributed by atoms with Gasteiger partial charge < -0.3 is 14.2 Å². The quantitative estimate of drug-likeness (QED) is 0.136. The normalized spacial score (nSPS) is 11.3. The molecule has 0 radical (unpaired) electrons. The summed E-state index contributed by atoms with van der Waals surface area (Å²) in [5.74, 6) is 1.25. The van der Waals surface area contributed by atoms with Crippen LogP contribution in [0.4, 0.5) is 0 Å². The summed E-state index contributed by atoms with van der Waals surface area (Å²) in [6.45, 7) is 5.01. The molecule has 0 bridgehead atoms. The van der Waals surface area contributed by atoms with E-state index in [9.17, 15) is 4.79 Å². The molecule has 0 atom stereocenters. The second-order valence-corrected chi connectivity index (χ2v) is 9.59.